The van der Waals surface area contributed by atoms with Gasteiger partial charge in [-0.05, 0) is 26.3 Å². The molecular formula is C16H24N2O3. The second kappa shape index (κ2) is 7.11. The number of nitrogens with zero attached hydrogens (tertiary/aromatic N) is 1. The van der Waals surface area contributed by atoms with Crippen molar-refractivity contribution >= 4 is 12.0 Å². The molecule has 1 aromatic carbocycles. The van der Waals surface area contributed by atoms with E-state index in [-0.39, 0.29) is 6.03 Å². The molecular weight excluding hydrogens is 268 g/mol. The molecule has 0 aliphatic rings. The third-order valence-electron chi connectivity index (χ3n) is 2.68. The first-order valence-electron chi connectivity index (χ1n) is 6.93. The van der Waals surface area contributed by atoms with Gasteiger partial charge >= 0.3 is 12.0 Å². The molecule has 0 spiro atoms. The molecule has 0 fully saturated rings. The number of benzene rings is 1. The van der Waals surface area contributed by atoms with Gasteiger partial charge in [-0.15, -0.1) is 0 Å². The van der Waals surface area contributed by atoms with Gasteiger partial charge in [0.1, 0.15) is 11.6 Å². The molecule has 5 nitrogen and oxygen atoms in total. The monoisotopic (exact) mass is 292 g/mol. The lowest BCUT2D eigenvalue weighted by Gasteiger charge is -2.25. The van der Waals surface area contributed by atoms with Gasteiger partial charge in [0.05, 0.1) is 0 Å². The summed E-state index contributed by atoms with van der Waals surface area (Å²) in [5.41, 5.74) is 0.377. The lowest BCUT2D eigenvalue weighted by Crippen LogP contribution is -2.48. The predicted octanol–water partition coefficient (Wildman–Crippen LogP) is 2.21. The van der Waals surface area contributed by atoms with Gasteiger partial charge in [-0.25, -0.2) is 9.59 Å². The lowest BCUT2D eigenvalue weighted by atomic mass is 10.1. The Balaban J connectivity index is 2.84. The van der Waals surface area contributed by atoms with E-state index in [0.29, 0.717) is 6.42 Å². The summed E-state index contributed by atoms with van der Waals surface area (Å²) in [6.45, 7) is 5.41. The lowest BCUT2D eigenvalue weighted by molar-refractivity contribution is -0.157. The van der Waals surface area contributed by atoms with Gasteiger partial charge in [0.15, 0.2) is 0 Å². The molecule has 5 heteroatoms. The first-order valence-corrected chi connectivity index (χ1v) is 6.93. The molecule has 0 aromatic heterocycles. The molecule has 116 valence electrons. The average Bonchev–Trinajstić information content (AvgIpc) is 2.36. The summed E-state index contributed by atoms with van der Waals surface area (Å²) in [7, 11) is 3.26. The molecule has 0 unspecified atom stereocenters. The van der Waals surface area contributed by atoms with Crippen LogP contribution in [-0.2, 0) is 16.0 Å². The number of rotatable bonds is 4. The molecule has 21 heavy (non-hydrogen) atoms. The fourth-order valence-corrected chi connectivity index (χ4v) is 1.69. The van der Waals surface area contributed by atoms with Crippen molar-refractivity contribution in [3.05, 3.63) is 35.9 Å². The Bertz CT molecular complexity index is 478. The number of ether oxygens (including phenoxy) is 1. The Morgan fingerprint density at radius 3 is 2.24 bits per heavy atom. The van der Waals surface area contributed by atoms with E-state index < -0.39 is 17.6 Å². The van der Waals surface area contributed by atoms with Crippen molar-refractivity contribution in [3.8, 4) is 0 Å². The van der Waals surface area contributed by atoms with Crippen LogP contribution in [-0.4, -0.2) is 42.6 Å². The molecule has 0 radical (unpaired) electrons. The van der Waals surface area contributed by atoms with Crippen LogP contribution in [0.4, 0.5) is 4.79 Å². The second-order valence-corrected chi connectivity index (χ2v) is 6.12. The minimum Gasteiger partial charge on any atom is -0.458 e. The Hall–Kier alpha value is -2.04. The van der Waals surface area contributed by atoms with Gasteiger partial charge in [0.25, 0.3) is 0 Å². The van der Waals surface area contributed by atoms with E-state index in [4.69, 9.17) is 4.74 Å². The molecule has 1 atom stereocenters. The molecule has 0 aliphatic heterocycles. The quantitative estimate of drug-likeness (QED) is 0.866. The molecule has 0 bridgehead atoms. The fourth-order valence-electron chi connectivity index (χ4n) is 1.69. The highest BCUT2D eigenvalue weighted by atomic mass is 16.6. The van der Waals surface area contributed by atoms with E-state index in [1.54, 1.807) is 34.9 Å². The van der Waals surface area contributed by atoms with E-state index >= 15 is 0 Å². The summed E-state index contributed by atoms with van der Waals surface area (Å²) < 4.78 is 5.38. The van der Waals surface area contributed by atoms with Gasteiger partial charge in [-0.3, -0.25) is 0 Å². The average molecular weight is 292 g/mol. The summed E-state index contributed by atoms with van der Waals surface area (Å²) in [5.74, 6) is -0.429. The van der Waals surface area contributed by atoms with Crippen LogP contribution in [0.15, 0.2) is 30.3 Å². The smallest absolute Gasteiger partial charge is 0.329 e. The molecule has 1 N–H and O–H groups in total. The maximum absolute atomic E-state index is 12.3. The first-order chi connectivity index (χ1) is 9.69. The fraction of sp³-hybridized carbons (Fsp3) is 0.500. The van der Waals surface area contributed by atoms with Crippen LogP contribution in [0.2, 0.25) is 0 Å². The number of amides is 2. The zero-order valence-corrected chi connectivity index (χ0v) is 13.3. The van der Waals surface area contributed by atoms with Crippen LogP contribution in [0.25, 0.3) is 0 Å². The molecule has 0 saturated heterocycles. The van der Waals surface area contributed by atoms with Crippen LogP contribution in [0, 0.1) is 0 Å². The number of nitrogens with one attached hydrogen (secondary N) is 1. The minimum atomic E-state index is -0.707. The Labute approximate surface area is 126 Å². The Morgan fingerprint density at radius 2 is 1.76 bits per heavy atom. The maximum Gasteiger partial charge on any atom is 0.329 e. The highest BCUT2D eigenvalue weighted by Gasteiger charge is 2.27. The Kier molecular flexibility index (Phi) is 5.76. The van der Waals surface area contributed by atoms with Crippen molar-refractivity contribution < 1.29 is 14.3 Å². The Morgan fingerprint density at radius 1 is 1.19 bits per heavy atom. The zero-order valence-electron chi connectivity index (χ0n) is 13.3. The van der Waals surface area contributed by atoms with Crippen molar-refractivity contribution in [2.45, 2.75) is 38.8 Å². The normalized spacial score (nSPS) is 12.4. The molecule has 1 rings (SSSR count). The summed E-state index contributed by atoms with van der Waals surface area (Å²) in [4.78, 5) is 25.5. The van der Waals surface area contributed by atoms with Crippen molar-refractivity contribution in [3.63, 3.8) is 0 Å². The number of carbonyl (C=O) groups excluding carboxylic acids is 2. The summed E-state index contributed by atoms with van der Waals surface area (Å²) in [6.07, 6.45) is 0.398. The van der Waals surface area contributed by atoms with Crippen LogP contribution < -0.4 is 5.32 Å². The standard InChI is InChI=1S/C16H24N2O3/c1-16(2,3)21-14(19)13(17-15(20)18(4)5)11-12-9-7-6-8-10-12/h6-10,13H,11H2,1-5H3,(H,17,20)/t13-/m0/s1. The van der Waals surface area contributed by atoms with Crippen molar-refractivity contribution in [1.29, 1.82) is 0 Å². The topological polar surface area (TPSA) is 58.6 Å². The largest absolute Gasteiger partial charge is 0.458 e. The van der Waals surface area contributed by atoms with E-state index in [1.165, 1.54) is 4.90 Å². The number of urea groups is 1. The summed E-state index contributed by atoms with van der Waals surface area (Å²) in [6, 6.07) is 8.51. The molecule has 2 amide bonds. The number of esters is 1. The number of carbonyl (C=O) groups is 2. The van der Waals surface area contributed by atoms with Crippen LogP contribution in [0.5, 0.6) is 0 Å². The number of hydrogen-bond donors (Lipinski definition) is 1. The summed E-state index contributed by atoms with van der Waals surface area (Å²) in [5, 5.41) is 2.70. The highest BCUT2D eigenvalue weighted by Crippen LogP contribution is 2.11. The van der Waals surface area contributed by atoms with Gasteiger partial charge in [-0.2, -0.15) is 0 Å². The van der Waals surface area contributed by atoms with E-state index in [2.05, 4.69) is 5.32 Å². The first kappa shape index (κ1) is 17.0. The van der Waals surface area contributed by atoms with Gasteiger partial charge in [0, 0.05) is 20.5 Å². The predicted molar refractivity (Wildman–Crippen MR) is 82.0 cm³/mol. The third kappa shape index (κ3) is 6.29. The molecule has 0 saturated carbocycles. The summed E-state index contributed by atoms with van der Waals surface area (Å²) >= 11 is 0. The molecule has 1 aromatic rings. The highest BCUT2D eigenvalue weighted by molar-refractivity contribution is 5.83. The minimum absolute atomic E-state index is 0.318. The van der Waals surface area contributed by atoms with Crippen LogP contribution >= 0.6 is 0 Å². The zero-order chi connectivity index (χ0) is 16.0. The molecule has 0 heterocycles. The van der Waals surface area contributed by atoms with Gasteiger partial charge in [0.2, 0.25) is 0 Å². The van der Waals surface area contributed by atoms with Crippen molar-refractivity contribution in [2.24, 2.45) is 0 Å². The van der Waals surface area contributed by atoms with Crippen LogP contribution in [0.3, 0.4) is 0 Å². The number of hydrogen-bond acceptors (Lipinski definition) is 3. The van der Waals surface area contributed by atoms with Gasteiger partial charge in [-0.1, -0.05) is 30.3 Å². The van der Waals surface area contributed by atoms with Crippen molar-refractivity contribution in [2.75, 3.05) is 14.1 Å². The van der Waals surface area contributed by atoms with E-state index in [0.717, 1.165) is 5.56 Å². The van der Waals surface area contributed by atoms with E-state index in [1.807, 2.05) is 30.3 Å². The molecule has 0 aliphatic carbocycles. The maximum atomic E-state index is 12.3. The second-order valence-electron chi connectivity index (χ2n) is 6.12. The third-order valence-corrected chi connectivity index (χ3v) is 2.68. The SMILES string of the molecule is CN(C)C(=O)N[C@@H](Cc1ccccc1)C(=O)OC(C)(C)C. The van der Waals surface area contributed by atoms with Crippen LogP contribution in [0.1, 0.15) is 26.3 Å². The van der Waals surface area contributed by atoms with Crippen molar-refractivity contribution in [1.82, 2.24) is 10.2 Å². The van der Waals surface area contributed by atoms with E-state index in [9.17, 15) is 9.59 Å². The van der Waals surface area contributed by atoms with Gasteiger partial charge < -0.3 is 15.0 Å².